The highest BCUT2D eigenvalue weighted by molar-refractivity contribution is 7.89. The summed E-state index contributed by atoms with van der Waals surface area (Å²) < 4.78 is 46.0. The molecule has 0 unspecified atom stereocenters. The smallest absolute Gasteiger partial charge is 0.243 e. The molecule has 0 radical (unpaired) electrons. The Balaban J connectivity index is 1.73. The molecule has 2 bridgehead atoms. The summed E-state index contributed by atoms with van der Waals surface area (Å²) in [7, 11) is -3.80. The summed E-state index contributed by atoms with van der Waals surface area (Å²) in [6.45, 7) is 4.89. The summed E-state index contributed by atoms with van der Waals surface area (Å²) in [4.78, 5) is 12.3. The third-order valence-corrected chi connectivity index (χ3v) is 6.41. The quantitative estimate of drug-likeness (QED) is 0.850. The van der Waals surface area contributed by atoms with Crippen LogP contribution in [0, 0.1) is 17.7 Å². The number of amides is 1. The first kappa shape index (κ1) is 18.3. The number of sulfonamides is 1. The van der Waals surface area contributed by atoms with Gasteiger partial charge in [0.25, 0.3) is 0 Å². The summed E-state index contributed by atoms with van der Waals surface area (Å²) in [5.74, 6) is -0.693. The molecule has 2 aliphatic heterocycles. The number of nitrogens with zero attached hydrogens (tertiary/aromatic N) is 1. The van der Waals surface area contributed by atoms with Crippen LogP contribution in [0.4, 0.5) is 4.39 Å². The number of carbonyl (C=O) groups excluding carboxylic acids is 1. The van der Waals surface area contributed by atoms with E-state index >= 15 is 0 Å². The van der Waals surface area contributed by atoms with Crippen LogP contribution in [0.15, 0.2) is 29.2 Å². The minimum atomic E-state index is -3.80. The van der Waals surface area contributed by atoms with E-state index in [9.17, 15) is 17.6 Å². The van der Waals surface area contributed by atoms with Gasteiger partial charge in [0.1, 0.15) is 5.82 Å². The lowest BCUT2D eigenvalue weighted by atomic mass is 9.99. The largest absolute Gasteiger partial charge is 0.371 e. The Labute approximate surface area is 147 Å². The number of hydrogen-bond acceptors (Lipinski definition) is 4. The monoisotopic (exact) mass is 370 g/mol. The molecular weight excluding hydrogens is 347 g/mol. The molecule has 0 saturated carbocycles. The standard InChI is InChI=1S/C17H23FN2O4S/c1-11(2)8-19-17(21)15-7-13-9-20(10-16(15)24-13)25(22,23)14-5-3-4-12(18)6-14/h3-6,11,13,15-16H,7-10H2,1-2H3,(H,19,21)/t13-,15+,16-/m1/s1. The van der Waals surface area contributed by atoms with E-state index in [1.165, 1.54) is 22.5 Å². The van der Waals surface area contributed by atoms with Crippen LogP contribution in [0.2, 0.25) is 0 Å². The number of nitrogens with one attached hydrogen (secondary N) is 1. The fourth-order valence-electron chi connectivity index (χ4n) is 3.31. The maximum Gasteiger partial charge on any atom is 0.243 e. The second-order valence-electron chi connectivity index (χ2n) is 7.06. The molecule has 0 aromatic heterocycles. The fraction of sp³-hybridized carbons (Fsp3) is 0.588. The average Bonchev–Trinajstić information content (AvgIpc) is 2.86. The van der Waals surface area contributed by atoms with Gasteiger partial charge in [-0.1, -0.05) is 19.9 Å². The third-order valence-electron chi connectivity index (χ3n) is 4.58. The lowest BCUT2D eigenvalue weighted by Crippen LogP contribution is -2.48. The Morgan fingerprint density at radius 1 is 1.40 bits per heavy atom. The highest BCUT2D eigenvalue weighted by Gasteiger charge is 2.47. The lowest BCUT2D eigenvalue weighted by Gasteiger charge is -2.32. The summed E-state index contributed by atoms with van der Waals surface area (Å²) in [6, 6.07) is 4.97. The predicted molar refractivity (Wildman–Crippen MR) is 89.8 cm³/mol. The lowest BCUT2D eigenvalue weighted by molar-refractivity contribution is -0.127. The minimum absolute atomic E-state index is 0.0744. The van der Waals surface area contributed by atoms with E-state index in [-0.39, 0.29) is 35.9 Å². The number of halogens is 1. The van der Waals surface area contributed by atoms with E-state index < -0.39 is 21.9 Å². The van der Waals surface area contributed by atoms with E-state index in [4.69, 9.17) is 4.74 Å². The fourth-order valence-corrected chi connectivity index (χ4v) is 4.82. The molecule has 1 N–H and O–H groups in total. The molecule has 2 fully saturated rings. The van der Waals surface area contributed by atoms with Crippen molar-refractivity contribution in [2.75, 3.05) is 19.6 Å². The van der Waals surface area contributed by atoms with Crippen molar-refractivity contribution in [3.63, 3.8) is 0 Å². The second-order valence-corrected chi connectivity index (χ2v) is 9.00. The van der Waals surface area contributed by atoms with Crippen molar-refractivity contribution in [2.24, 2.45) is 11.8 Å². The number of benzene rings is 1. The Bertz CT molecular complexity index is 753. The molecule has 2 saturated heterocycles. The van der Waals surface area contributed by atoms with E-state index in [0.717, 1.165) is 6.07 Å². The number of carbonyl (C=O) groups is 1. The van der Waals surface area contributed by atoms with E-state index in [1.54, 1.807) is 0 Å². The van der Waals surface area contributed by atoms with Crippen molar-refractivity contribution in [3.8, 4) is 0 Å². The van der Waals surface area contributed by atoms with E-state index in [0.29, 0.717) is 18.9 Å². The first-order valence-corrected chi connectivity index (χ1v) is 9.90. The maximum absolute atomic E-state index is 13.4. The molecule has 2 heterocycles. The molecule has 1 aromatic carbocycles. The number of ether oxygens (including phenoxy) is 1. The van der Waals surface area contributed by atoms with Gasteiger partial charge in [-0.3, -0.25) is 4.79 Å². The topological polar surface area (TPSA) is 75.7 Å². The third kappa shape index (κ3) is 3.86. The second kappa shape index (κ2) is 7.01. The average molecular weight is 370 g/mol. The highest BCUT2D eigenvalue weighted by Crippen LogP contribution is 2.34. The van der Waals surface area contributed by atoms with Crippen molar-refractivity contribution < 1.29 is 22.3 Å². The van der Waals surface area contributed by atoms with Crippen LogP contribution in [0.1, 0.15) is 20.3 Å². The van der Waals surface area contributed by atoms with Crippen molar-refractivity contribution in [1.29, 1.82) is 0 Å². The summed E-state index contributed by atoms with van der Waals surface area (Å²) in [6.07, 6.45) is -0.268. The van der Waals surface area contributed by atoms with E-state index in [1.807, 2.05) is 13.8 Å². The van der Waals surface area contributed by atoms with Crippen LogP contribution in [0.5, 0.6) is 0 Å². The van der Waals surface area contributed by atoms with Gasteiger partial charge in [0.05, 0.1) is 23.0 Å². The first-order valence-electron chi connectivity index (χ1n) is 8.46. The van der Waals surface area contributed by atoms with Gasteiger partial charge >= 0.3 is 0 Å². The van der Waals surface area contributed by atoms with Gasteiger partial charge in [-0.2, -0.15) is 4.31 Å². The van der Waals surface area contributed by atoms with Crippen molar-refractivity contribution >= 4 is 15.9 Å². The van der Waals surface area contributed by atoms with Gasteiger partial charge in [-0.15, -0.1) is 0 Å². The predicted octanol–water partition coefficient (Wildman–Crippen LogP) is 1.38. The minimum Gasteiger partial charge on any atom is -0.371 e. The van der Waals surface area contributed by atoms with Gasteiger partial charge in [0.2, 0.25) is 15.9 Å². The van der Waals surface area contributed by atoms with Gasteiger partial charge in [0.15, 0.2) is 0 Å². The molecular formula is C17H23FN2O4S. The first-order chi connectivity index (χ1) is 11.8. The Kier molecular flexibility index (Phi) is 5.13. The Morgan fingerprint density at radius 3 is 2.84 bits per heavy atom. The zero-order chi connectivity index (χ0) is 18.2. The molecule has 0 spiro atoms. The molecule has 138 valence electrons. The number of rotatable bonds is 5. The van der Waals surface area contributed by atoms with Gasteiger partial charge in [0, 0.05) is 19.6 Å². The van der Waals surface area contributed by atoms with Gasteiger partial charge in [-0.25, -0.2) is 12.8 Å². The summed E-state index contributed by atoms with van der Waals surface area (Å²) in [5.41, 5.74) is 0. The van der Waals surface area contributed by atoms with Crippen molar-refractivity contribution in [2.45, 2.75) is 37.4 Å². The molecule has 2 aliphatic rings. The summed E-state index contributed by atoms with van der Waals surface area (Å²) >= 11 is 0. The molecule has 8 heteroatoms. The number of fused-ring (bicyclic) bond motifs is 2. The van der Waals surface area contributed by atoms with Crippen LogP contribution in [-0.2, 0) is 19.6 Å². The molecule has 25 heavy (non-hydrogen) atoms. The molecule has 1 aromatic rings. The molecule has 3 atom stereocenters. The molecule has 1 amide bonds. The van der Waals surface area contributed by atoms with Crippen LogP contribution < -0.4 is 5.32 Å². The number of hydrogen-bond donors (Lipinski definition) is 1. The van der Waals surface area contributed by atoms with Crippen LogP contribution in [-0.4, -0.2) is 50.5 Å². The van der Waals surface area contributed by atoms with Crippen LogP contribution in [0.25, 0.3) is 0 Å². The Hall–Kier alpha value is -1.51. The molecule has 6 nitrogen and oxygen atoms in total. The molecule has 0 aliphatic carbocycles. The van der Waals surface area contributed by atoms with Crippen LogP contribution >= 0.6 is 0 Å². The zero-order valence-electron chi connectivity index (χ0n) is 14.3. The number of morpholine rings is 1. The zero-order valence-corrected chi connectivity index (χ0v) is 15.1. The summed E-state index contributed by atoms with van der Waals surface area (Å²) in [5, 5.41) is 2.89. The van der Waals surface area contributed by atoms with Crippen LogP contribution in [0.3, 0.4) is 0 Å². The van der Waals surface area contributed by atoms with Gasteiger partial charge in [-0.05, 0) is 30.5 Å². The van der Waals surface area contributed by atoms with Crippen molar-refractivity contribution in [1.82, 2.24) is 9.62 Å². The normalized spacial score (nSPS) is 26.8. The van der Waals surface area contributed by atoms with E-state index in [2.05, 4.69) is 5.32 Å². The highest BCUT2D eigenvalue weighted by atomic mass is 32.2. The van der Waals surface area contributed by atoms with Crippen molar-refractivity contribution in [3.05, 3.63) is 30.1 Å². The molecule has 3 rings (SSSR count). The Morgan fingerprint density at radius 2 is 2.16 bits per heavy atom. The maximum atomic E-state index is 13.4. The SMILES string of the molecule is CC(C)CNC(=O)[C@H]1C[C@@H]2CN(S(=O)(=O)c3cccc(F)c3)C[C@H]1O2. The van der Waals surface area contributed by atoms with Gasteiger partial charge < -0.3 is 10.1 Å².